The summed E-state index contributed by atoms with van der Waals surface area (Å²) in [4.78, 5) is 25.1. The number of hydrogen-bond acceptors (Lipinski definition) is 6. The molecule has 0 saturated heterocycles. The number of aryl methyl sites for hydroxylation is 1. The SMILES string of the molecule is Cc1ncccc1Oc1ccc(NC(=O)N2c3cc4c(cc3CC2Sc2ccccc2)CC4C#N)cn1. The summed E-state index contributed by atoms with van der Waals surface area (Å²) >= 11 is 1.66. The number of pyridine rings is 2. The molecule has 2 aromatic carbocycles. The van der Waals surface area contributed by atoms with Crippen LogP contribution in [0.5, 0.6) is 11.6 Å². The molecular formula is C29H23N5O2S. The number of nitriles is 1. The van der Waals surface area contributed by atoms with Gasteiger partial charge in [-0.1, -0.05) is 24.3 Å². The highest BCUT2D eigenvalue weighted by molar-refractivity contribution is 8.00. The van der Waals surface area contributed by atoms with Gasteiger partial charge in [-0.3, -0.25) is 9.88 Å². The van der Waals surface area contributed by atoms with Gasteiger partial charge < -0.3 is 10.1 Å². The summed E-state index contributed by atoms with van der Waals surface area (Å²) in [5.74, 6) is 0.944. The third-order valence-corrected chi connectivity index (χ3v) is 7.83. The lowest BCUT2D eigenvalue weighted by Crippen LogP contribution is -2.39. The van der Waals surface area contributed by atoms with Crippen molar-refractivity contribution >= 4 is 29.2 Å². The molecule has 2 aromatic heterocycles. The average Bonchev–Trinajstić information content (AvgIpc) is 3.25. The molecule has 6 rings (SSSR count). The second-order valence-corrected chi connectivity index (χ2v) is 10.3. The number of ether oxygens (including phenoxy) is 1. The second kappa shape index (κ2) is 9.60. The molecule has 2 unspecified atom stereocenters. The number of thioether (sulfide) groups is 1. The highest BCUT2D eigenvalue weighted by atomic mass is 32.2. The second-order valence-electron chi connectivity index (χ2n) is 9.03. The van der Waals surface area contributed by atoms with Gasteiger partial charge in [0.25, 0.3) is 0 Å². The average molecular weight is 506 g/mol. The van der Waals surface area contributed by atoms with Gasteiger partial charge in [0, 0.05) is 23.6 Å². The van der Waals surface area contributed by atoms with Crippen LogP contribution in [0, 0.1) is 18.3 Å². The summed E-state index contributed by atoms with van der Waals surface area (Å²) in [5.41, 5.74) is 5.57. The topological polar surface area (TPSA) is 91.1 Å². The Morgan fingerprint density at radius 1 is 1.08 bits per heavy atom. The van der Waals surface area contributed by atoms with Crippen molar-refractivity contribution < 1.29 is 9.53 Å². The molecule has 2 atom stereocenters. The van der Waals surface area contributed by atoms with Gasteiger partial charge in [0.05, 0.1) is 40.6 Å². The van der Waals surface area contributed by atoms with Crippen molar-refractivity contribution in [3.63, 3.8) is 0 Å². The zero-order chi connectivity index (χ0) is 25.4. The number of hydrogen-bond donors (Lipinski definition) is 1. The number of rotatable bonds is 5. The van der Waals surface area contributed by atoms with E-state index in [4.69, 9.17) is 4.74 Å². The molecule has 7 nitrogen and oxygen atoms in total. The molecule has 1 aliphatic heterocycles. The van der Waals surface area contributed by atoms with Crippen molar-refractivity contribution in [2.75, 3.05) is 10.2 Å². The maximum absolute atomic E-state index is 13.6. The zero-order valence-electron chi connectivity index (χ0n) is 20.1. The number of nitrogens with one attached hydrogen (secondary N) is 1. The summed E-state index contributed by atoms with van der Waals surface area (Å²) in [7, 11) is 0. The van der Waals surface area contributed by atoms with Crippen LogP contribution in [0.3, 0.4) is 0 Å². The van der Waals surface area contributed by atoms with Crippen LogP contribution in [0.4, 0.5) is 16.2 Å². The van der Waals surface area contributed by atoms with E-state index in [1.165, 1.54) is 5.56 Å². The molecular weight excluding hydrogens is 482 g/mol. The number of fused-ring (bicyclic) bond motifs is 2. The van der Waals surface area contributed by atoms with Crippen molar-refractivity contribution in [2.24, 2.45) is 0 Å². The van der Waals surface area contributed by atoms with E-state index in [0.717, 1.165) is 40.2 Å². The Kier molecular flexibility index (Phi) is 5.99. The zero-order valence-corrected chi connectivity index (χ0v) is 20.9. The van der Waals surface area contributed by atoms with Gasteiger partial charge in [-0.2, -0.15) is 5.26 Å². The number of nitrogens with zero attached hydrogens (tertiary/aromatic N) is 4. The first-order valence-electron chi connectivity index (χ1n) is 12.0. The van der Waals surface area contributed by atoms with Crippen LogP contribution >= 0.6 is 11.8 Å². The molecule has 8 heteroatoms. The van der Waals surface area contributed by atoms with E-state index < -0.39 is 0 Å². The third-order valence-electron chi connectivity index (χ3n) is 6.63. The number of carbonyl (C=O) groups is 1. The lowest BCUT2D eigenvalue weighted by molar-refractivity contribution is 0.257. The minimum absolute atomic E-state index is 0.105. The Hall–Kier alpha value is -4.35. The van der Waals surface area contributed by atoms with Gasteiger partial charge in [-0.25, -0.2) is 9.78 Å². The predicted octanol–water partition coefficient (Wildman–Crippen LogP) is 6.45. The predicted molar refractivity (Wildman–Crippen MR) is 143 cm³/mol. The van der Waals surface area contributed by atoms with E-state index in [0.29, 0.717) is 17.3 Å². The summed E-state index contributed by atoms with van der Waals surface area (Å²) in [5, 5.41) is 12.4. The smallest absolute Gasteiger partial charge is 0.327 e. The van der Waals surface area contributed by atoms with E-state index in [1.807, 2.05) is 42.2 Å². The number of anilines is 2. The maximum Gasteiger partial charge on any atom is 0.327 e. The molecule has 182 valence electrons. The molecule has 37 heavy (non-hydrogen) atoms. The minimum atomic E-state index is -0.237. The summed E-state index contributed by atoms with van der Waals surface area (Å²) < 4.78 is 5.82. The Labute approximate surface area is 219 Å². The molecule has 3 heterocycles. The van der Waals surface area contributed by atoms with Gasteiger partial charge in [0.2, 0.25) is 5.88 Å². The summed E-state index contributed by atoms with van der Waals surface area (Å²) in [6.45, 7) is 1.87. The Balaban J connectivity index is 1.24. The van der Waals surface area contributed by atoms with Crippen LogP contribution in [0.25, 0.3) is 0 Å². The first-order valence-corrected chi connectivity index (χ1v) is 12.9. The van der Waals surface area contributed by atoms with Crippen LogP contribution in [-0.2, 0) is 12.8 Å². The van der Waals surface area contributed by atoms with E-state index in [-0.39, 0.29) is 17.3 Å². The van der Waals surface area contributed by atoms with Gasteiger partial charge >= 0.3 is 6.03 Å². The van der Waals surface area contributed by atoms with Crippen molar-refractivity contribution in [2.45, 2.75) is 36.0 Å². The molecule has 1 N–H and O–H groups in total. The van der Waals surface area contributed by atoms with Crippen molar-refractivity contribution in [3.8, 4) is 17.7 Å². The Morgan fingerprint density at radius 3 is 2.70 bits per heavy atom. The van der Waals surface area contributed by atoms with Gasteiger partial charge in [-0.15, -0.1) is 11.8 Å². The van der Waals surface area contributed by atoms with Crippen LogP contribution in [0.15, 0.2) is 84.0 Å². The lowest BCUT2D eigenvalue weighted by Gasteiger charge is -2.29. The van der Waals surface area contributed by atoms with E-state index in [1.54, 1.807) is 42.4 Å². The fourth-order valence-corrected chi connectivity index (χ4v) is 5.92. The number of amides is 2. The standard InChI is InChI=1S/C29H23N5O2S/c1-18-26(8-5-11-31-18)36-27-10-9-22(17-32-27)33-29(35)34-25-15-24-19(13-21(24)16-30)12-20(25)14-28(34)37-23-6-3-2-4-7-23/h2-12,15,17,21,28H,13-14H2,1H3,(H,33,35). The van der Waals surface area contributed by atoms with Gasteiger partial charge in [0.1, 0.15) is 0 Å². The molecule has 2 amide bonds. The Bertz CT molecular complexity index is 1520. The first kappa shape index (κ1) is 23.1. The molecule has 0 bridgehead atoms. The Morgan fingerprint density at radius 2 is 1.95 bits per heavy atom. The summed E-state index contributed by atoms with van der Waals surface area (Å²) in [6, 6.07) is 23.5. The van der Waals surface area contributed by atoms with Gasteiger partial charge in [0.15, 0.2) is 5.75 Å². The van der Waals surface area contributed by atoms with Crippen LogP contribution in [-0.4, -0.2) is 21.4 Å². The highest BCUT2D eigenvalue weighted by Gasteiger charge is 2.38. The first-order chi connectivity index (χ1) is 18.1. The molecule has 1 aliphatic carbocycles. The number of urea groups is 1. The third kappa shape index (κ3) is 4.50. The van der Waals surface area contributed by atoms with Crippen LogP contribution in [0.2, 0.25) is 0 Å². The van der Waals surface area contributed by atoms with Crippen molar-refractivity contribution in [1.82, 2.24) is 9.97 Å². The van der Waals surface area contributed by atoms with Crippen LogP contribution < -0.4 is 15.0 Å². The minimum Gasteiger partial charge on any atom is -0.437 e. The lowest BCUT2D eigenvalue weighted by atomic mass is 9.77. The maximum atomic E-state index is 13.6. The molecule has 4 aromatic rings. The molecule has 0 saturated carbocycles. The number of aromatic nitrogens is 2. The quantitative estimate of drug-likeness (QED) is 0.335. The highest BCUT2D eigenvalue weighted by Crippen LogP contribution is 2.46. The molecule has 0 fully saturated rings. The fraction of sp³-hybridized carbons (Fsp3) is 0.172. The van der Waals surface area contributed by atoms with Crippen molar-refractivity contribution in [3.05, 3.63) is 102 Å². The molecule has 0 spiro atoms. The summed E-state index contributed by atoms with van der Waals surface area (Å²) in [6.07, 6.45) is 4.81. The van der Waals surface area contributed by atoms with Crippen LogP contribution in [0.1, 0.15) is 28.3 Å². The largest absolute Gasteiger partial charge is 0.437 e. The van der Waals surface area contributed by atoms with E-state index >= 15 is 0 Å². The van der Waals surface area contributed by atoms with E-state index in [9.17, 15) is 10.1 Å². The number of carbonyl (C=O) groups excluding carboxylic acids is 1. The molecule has 2 aliphatic rings. The monoisotopic (exact) mass is 505 g/mol. The van der Waals surface area contributed by atoms with E-state index in [2.05, 4.69) is 39.6 Å². The van der Waals surface area contributed by atoms with Crippen molar-refractivity contribution in [1.29, 1.82) is 5.26 Å². The molecule has 0 radical (unpaired) electrons. The number of benzene rings is 2. The normalized spacial score (nSPS) is 17.2. The van der Waals surface area contributed by atoms with Gasteiger partial charge in [-0.05, 0) is 66.4 Å². The fourth-order valence-electron chi connectivity index (χ4n) is 4.72.